The highest BCUT2D eigenvalue weighted by molar-refractivity contribution is 7.21. The summed E-state index contributed by atoms with van der Waals surface area (Å²) in [5.74, 6) is 0. The van der Waals surface area contributed by atoms with E-state index in [0.717, 1.165) is 121 Å². The average molecular weight is 1210 g/mol. The highest BCUT2D eigenvalue weighted by atomic mass is 32.1. The van der Waals surface area contributed by atoms with E-state index in [1.165, 1.54) is 87.6 Å². The first-order valence-electron chi connectivity index (χ1n) is 32.2. The number of fused-ring (bicyclic) bond motifs is 13. The molecule has 0 unspecified atom stereocenters. The van der Waals surface area contributed by atoms with Crippen LogP contribution in [-0.4, -0.2) is 28.2 Å². The number of aromatic nitrogens is 6. The summed E-state index contributed by atoms with van der Waals surface area (Å²) >= 11 is 1.77. The molecule has 18 rings (SSSR count). The van der Waals surface area contributed by atoms with Gasteiger partial charge in [-0.3, -0.25) is 0 Å². The second kappa shape index (κ2) is 20.7. The first-order chi connectivity index (χ1) is 45.4. The van der Waals surface area contributed by atoms with Crippen LogP contribution in [0.25, 0.3) is 164 Å². The van der Waals surface area contributed by atoms with Gasteiger partial charge < -0.3 is 18.3 Å². The molecule has 0 aliphatic rings. The maximum atomic E-state index is 6.01. The van der Waals surface area contributed by atoms with Gasteiger partial charge in [-0.2, -0.15) is 0 Å². The Hall–Kier alpha value is -11.1. The maximum absolute atomic E-state index is 6.01. The van der Waals surface area contributed by atoms with Crippen LogP contribution in [0, 0.1) is 55.4 Å². The van der Waals surface area contributed by atoms with E-state index >= 15 is 0 Å². The lowest BCUT2D eigenvalue weighted by Crippen LogP contribution is -2.16. The van der Waals surface area contributed by atoms with Gasteiger partial charge in [0.2, 0.25) is 0 Å². The zero-order valence-corrected chi connectivity index (χ0v) is 54.0. The first kappa shape index (κ1) is 54.8. The lowest BCUT2D eigenvalue weighted by molar-refractivity contribution is 1.02. The summed E-state index contributed by atoms with van der Waals surface area (Å²) in [6.45, 7) is 17.8. The average Bonchev–Trinajstić information content (AvgIpc) is 1.54. The number of aryl methyl sites for hydroxylation is 8. The van der Waals surface area contributed by atoms with Crippen LogP contribution in [0.4, 0.5) is 0 Å². The van der Waals surface area contributed by atoms with Crippen LogP contribution >= 0.6 is 11.3 Å². The second-order valence-corrected chi connectivity index (χ2v) is 27.0. The molecule has 0 aliphatic heterocycles. The summed E-state index contributed by atoms with van der Waals surface area (Å²) < 4.78 is 11.7. The Bertz CT molecular complexity index is 5880. The fourth-order valence-electron chi connectivity index (χ4n) is 15.2. The fraction of sp³-hybridized carbons (Fsp3) is 0.0930. The smallest absolute Gasteiger partial charge is 0.127 e. The predicted molar refractivity (Wildman–Crippen MR) is 394 cm³/mol. The predicted octanol–water partition coefficient (Wildman–Crippen LogP) is 23.2. The van der Waals surface area contributed by atoms with Gasteiger partial charge >= 0.3 is 0 Å². The summed E-state index contributed by atoms with van der Waals surface area (Å²) in [7, 11) is 0. The fourth-order valence-corrected chi connectivity index (χ4v) is 16.2. The number of rotatable bonds is 8. The number of pyridine rings is 1. The van der Waals surface area contributed by atoms with Crippen LogP contribution in [0.3, 0.4) is 0 Å². The minimum atomic E-state index is 0.868. The van der Waals surface area contributed by atoms with E-state index in [1.54, 1.807) is 11.3 Å². The third-order valence-electron chi connectivity index (χ3n) is 19.4. The molecule has 12 aromatic carbocycles. The number of benzene rings is 12. The number of hydrogen-bond donors (Lipinski definition) is 0. The van der Waals surface area contributed by atoms with Gasteiger partial charge in [0.25, 0.3) is 0 Å². The Labute approximate surface area is 543 Å². The van der Waals surface area contributed by atoms with Crippen molar-refractivity contribution in [2.75, 3.05) is 0 Å². The van der Waals surface area contributed by atoms with Crippen molar-refractivity contribution in [2.45, 2.75) is 55.4 Å². The quantitative estimate of drug-likeness (QED) is 0.152. The van der Waals surface area contributed by atoms with Crippen molar-refractivity contribution >= 4 is 109 Å². The molecule has 0 atom stereocenters. The zero-order chi connectivity index (χ0) is 62.7. The molecular formula is C86H64N6S. The second-order valence-electron chi connectivity index (χ2n) is 26.0. The molecule has 0 spiro atoms. The van der Waals surface area contributed by atoms with E-state index < -0.39 is 0 Å². The van der Waals surface area contributed by atoms with Gasteiger partial charge in [0.1, 0.15) is 5.01 Å². The molecule has 0 aliphatic carbocycles. The Balaban J connectivity index is 1.24. The molecule has 18 aromatic rings. The largest absolute Gasteiger partial charge is 0.306 e. The minimum Gasteiger partial charge on any atom is -0.306 e. The van der Waals surface area contributed by atoms with Gasteiger partial charge in [-0.25, -0.2) is 9.97 Å². The number of thiazole rings is 1. The Morgan fingerprint density at radius 2 is 0.527 bits per heavy atom. The van der Waals surface area contributed by atoms with E-state index in [1.807, 2.05) is 0 Å². The lowest BCUT2D eigenvalue weighted by Gasteiger charge is -2.31. The van der Waals surface area contributed by atoms with Crippen molar-refractivity contribution in [3.8, 4) is 67.0 Å². The van der Waals surface area contributed by atoms with Crippen molar-refractivity contribution in [2.24, 2.45) is 0 Å². The number of nitrogens with zero attached hydrogens (tertiary/aromatic N) is 6. The maximum Gasteiger partial charge on any atom is 0.127 e. The van der Waals surface area contributed by atoms with E-state index in [2.05, 4.69) is 316 Å². The van der Waals surface area contributed by atoms with Crippen molar-refractivity contribution in [1.82, 2.24) is 28.2 Å². The molecule has 6 heterocycles. The molecule has 0 saturated heterocycles. The summed E-state index contributed by atoms with van der Waals surface area (Å²) in [5.41, 5.74) is 30.2. The van der Waals surface area contributed by atoms with Gasteiger partial charge in [0, 0.05) is 65.3 Å². The Kier molecular flexibility index (Phi) is 12.2. The molecule has 6 aromatic heterocycles. The van der Waals surface area contributed by atoms with Crippen LogP contribution in [-0.2, 0) is 0 Å². The molecule has 444 valence electrons. The topological polar surface area (TPSA) is 45.5 Å². The van der Waals surface area contributed by atoms with Gasteiger partial charge in [-0.15, -0.1) is 11.3 Å². The molecule has 0 fully saturated rings. The normalized spacial score (nSPS) is 12.1. The Morgan fingerprint density at radius 1 is 0.247 bits per heavy atom. The molecule has 6 nitrogen and oxygen atoms in total. The molecule has 0 amide bonds. The molecule has 0 N–H and O–H groups in total. The monoisotopic (exact) mass is 1210 g/mol. The van der Waals surface area contributed by atoms with E-state index in [9.17, 15) is 0 Å². The van der Waals surface area contributed by atoms with Crippen molar-refractivity contribution < 1.29 is 0 Å². The molecule has 0 saturated carbocycles. The molecule has 93 heavy (non-hydrogen) atoms. The van der Waals surface area contributed by atoms with Gasteiger partial charge in [-0.05, 0) is 182 Å². The van der Waals surface area contributed by atoms with E-state index in [-0.39, 0.29) is 0 Å². The van der Waals surface area contributed by atoms with Crippen LogP contribution in [0.15, 0.2) is 243 Å². The Morgan fingerprint density at radius 3 is 0.839 bits per heavy atom. The molecule has 0 bridgehead atoms. The van der Waals surface area contributed by atoms with Crippen LogP contribution in [0.5, 0.6) is 0 Å². The lowest BCUT2D eigenvalue weighted by atomic mass is 9.90. The van der Waals surface area contributed by atoms with Crippen molar-refractivity contribution in [1.29, 1.82) is 0 Å². The summed E-state index contributed by atoms with van der Waals surface area (Å²) in [5, 5.41) is 10.4. The van der Waals surface area contributed by atoms with E-state index in [0.29, 0.717) is 0 Å². The summed E-state index contributed by atoms with van der Waals surface area (Å²) in [6, 6.07) is 91.5. The summed E-state index contributed by atoms with van der Waals surface area (Å²) in [4.78, 5) is 11.7. The highest BCUT2D eigenvalue weighted by Crippen LogP contribution is 2.56. The van der Waals surface area contributed by atoms with Gasteiger partial charge in [-0.1, -0.05) is 166 Å². The SMILES string of the molecule is Cc1ccc2c(c1)c1cc(C)ccc1n2-c1c(-c2cc(-c3ccccc3)nc(-c3ccccc3)c2)c(-c2nc3ccccc3s2)c(-n2c3ccc(C)cc3c3cc(C)ccc32)c(-n2c3ccc(C)cc3c3cc(C)ccc32)c1-n1c2ccc(C)cc2c2cc(C)ccc21. The third-order valence-corrected chi connectivity index (χ3v) is 20.4. The molecule has 7 heteroatoms. The van der Waals surface area contributed by atoms with Gasteiger partial charge in [0.05, 0.1) is 88.5 Å². The minimum absolute atomic E-state index is 0.868. The standard InChI is InChI=1S/C86H64N6S/c1-49-23-31-71-60(39-49)61-40-50(2)24-32-72(61)89(71)82-80(59-47-69(57-17-11-9-12-18-57)87-70(48-59)58-19-13-10-14-20-58)81(86-88-68-21-15-16-22-79(68)93-86)83(90-73-33-25-51(3)41-62(73)63-42-52(4)26-34-74(63)90)85(92-77-37-29-55(7)45-66(77)67-46-56(8)30-38-78(67)92)84(82)91-75-35-27-53(5)43-64(75)65-44-54(6)28-36-76(65)91/h9-48H,1-8H3. The van der Waals surface area contributed by atoms with Crippen molar-refractivity contribution in [3.05, 3.63) is 287 Å². The van der Waals surface area contributed by atoms with Crippen molar-refractivity contribution in [3.63, 3.8) is 0 Å². The number of para-hydroxylation sites is 1. The summed E-state index contributed by atoms with van der Waals surface area (Å²) in [6.07, 6.45) is 0. The third kappa shape index (κ3) is 8.46. The van der Waals surface area contributed by atoms with Crippen LogP contribution in [0.1, 0.15) is 44.5 Å². The zero-order valence-electron chi connectivity index (χ0n) is 53.2. The van der Waals surface area contributed by atoms with Gasteiger partial charge in [0.15, 0.2) is 0 Å². The number of hydrogen-bond acceptors (Lipinski definition) is 3. The first-order valence-corrected chi connectivity index (χ1v) is 33.0. The van der Waals surface area contributed by atoms with Crippen LogP contribution in [0.2, 0.25) is 0 Å². The highest BCUT2D eigenvalue weighted by Gasteiger charge is 2.37. The molecule has 0 radical (unpaired) electrons. The van der Waals surface area contributed by atoms with Crippen LogP contribution < -0.4 is 0 Å². The molecular weight excluding hydrogens is 1150 g/mol. The van der Waals surface area contributed by atoms with E-state index in [4.69, 9.17) is 9.97 Å².